The van der Waals surface area contributed by atoms with E-state index in [1.165, 1.54) is 24.3 Å². The van der Waals surface area contributed by atoms with Crippen LogP contribution in [0.4, 0.5) is 4.39 Å². The maximum absolute atomic E-state index is 12.8. The topological polar surface area (TPSA) is 78.5 Å². The molecule has 2 aromatic rings. The molecule has 2 rings (SSSR count). The number of carbonyl (C=O) groups is 1. The number of rotatable bonds is 8. The second-order valence-electron chi connectivity index (χ2n) is 5.13. The standard InChI is InChI=1S/C18H18FNO4S/c19-16-8-6-15(7-9-16)12-24-13-18(21)20-10-2-4-14-3-1-5-17(11-14)25(22)23/h1-9,11H,10,12-13H2,(H,20,21)(H,22,23)/p-1/b4-2+. The van der Waals surface area contributed by atoms with E-state index in [0.29, 0.717) is 6.54 Å². The molecule has 0 heterocycles. The van der Waals surface area contributed by atoms with Gasteiger partial charge in [0.05, 0.1) is 6.61 Å². The average molecular weight is 362 g/mol. The molecule has 132 valence electrons. The molecular weight excluding hydrogens is 345 g/mol. The van der Waals surface area contributed by atoms with Gasteiger partial charge in [-0.2, -0.15) is 0 Å². The summed E-state index contributed by atoms with van der Waals surface area (Å²) in [5.74, 6) is -0.596. The van der Waals surface area contributed by atoms with Crippen LogP contribution >= 0.6 is 0 Å². The highest BCUT2D eigenvalue weighted by atomic mass is 32.2. The fraction of sp³-hybridized carbons (Fsp3) is 0.167. The van der Waals surface area contributed by atoms with Gasteiger partial charge in [0.1, 0.15) is 12.4 Å². The lowest BCUT2D eigenvalue weighted by Crippen LogP contribution is -2.27. The molecule has 5 nitrogen and oxygen atoms in total. The van der Waals surface area contributed by atoms with Gasteiger partial charge >= 0.3 is 0 Å². The normalized spacial score (nSPS) is 12.2. The third kappa shape index (κ3) is 6.96. The Morgan fingerprint density at radius 3 is 2.72 bits per heavy atom. The minimum atomic E-state index is -2.27. The molecule has 0 saturated heterocycles. The van der Waals surface area contributed by atoms with E-state index >= 15 is 0 Å². The Labute approximate surface area is 147 Å². The molecule has 25 heavy (non-hydrogen) atoms. The minimum absolute atomic E-state index is 0.101. The molecule has 0 radical (unpaired) electrons. The maximum atomic E-state index is 12.8. The second kappa shape index (κ2) is 9.83. The van der Waals surface area contributed by atoms with Crippen LogP contribution in [0.1, 0.15) is 11.1 Å². The van der Waals surface area contributed by atoms with Crippen molar-refractivity contribution in [1.82, 2.24) is 5.32 Å². The van der Waals surface area contributed by atoms with E-state index in [1.807, 2.05) is 0 Å². The van der Waals surface area contributed by atoms with E-state index < -0.39 is 11.1 Å². The highest BCUT2D eigenvalue weighted by Gasteiger charge is 2.00. The summed E-state index contributed by atoms with van der Waals surface area (Å²) in [6.07, 6.45) is 3.43. The predicted octanol–water partition coefficient (Wildman–Crippen LogP) is 2.41. The highest BCUT2D eigenvalue weighted by molar-refractivity contribution is 7.79. The Balaban J connectivity index is 1.68. The molecule has 1 N–H and O–H groups in total. The molecule has 0 fully saturated rings. The fourth-order valence-electron chi connectivity index (χ4n) is 1.98. The Morgan fingerprint density at radius 1 is 1.24 bits per heavy atom. The summed E-state index contributed by atoms with van der Waals surface area (Å²) in [5.41, 5.74) is 1.51. The lowest BCUT2D eigenvalue weighted by molar-refractivity contribution is -0.125. The number of ether oxygens (including phenoxy) is 1. The first-order valence-corrected chi connectivity index (χ1v) is 8.57. The number of hydrogen-bond donors (Lipinski definition) is 1. The molecule has 0 aliphatic heterocycles. The van der Waals surface area contributed by atoms with E-state index in [1.54, 1.807) is 36.4 Å². The Morgan fingerprint density at radius 2 is 2.00 bits per heavy atom. The van der Waals surface area contributed by atoms with E-state index in [2.05, 4.69) is 5.32 Å². The van der Waals surface area contributed by atoms with Gasteiger partial charge in [0.2, 0.25) is 5.91 Å². The molecule has 1 amide bonds. The first-order valence-electron chi connectivity index (χ1n) is 7.49. The van der Waals surface area contributed by atoms with E-state index in [-0.39, 0.29) is 29.8 Å². The van der Waals surface area contributed by atoms with Crippen LogP contribution in [0.5, 0.6) is 0 Å². The van der Waals surface area contributed by atoms with Crippen LogP contribution in [-0.2, 0) is 27.2 Å². The van der Waals surface area contributed by atoms with Crippen molar-refractivity contribution in [2.75, 3.05) is 13.2 Å². The van der Waals surface area contributed by atoms with Crippen LogP contribution in [0.3, 0.4) is 0 Å². The van der Waals surface area contributed by atoms with Gasteiger partial charge in [0.15, 0.2) is 0 Å². The van der Waals surface area contributed by atoms with Gasteiger partial charge in [0.25, 0.3) is 0 Å². The molecule has 7 heteroatoms. The Bertz CT molecular complexity index is 762. The van der Waals surface area contributed by atoms with Crippen LogP contribution in [-0.4, -0.2) is 27.8 Å². The number of carbonyl (C=O) groups excluding carboxylic acids is 1. The zero-order chi connectivity index (χ0) is 18.1. The van der Waals surface area contributed by atoms with E-state index in [0.717, 1.165) is 11.1 Å². The fourth-order valence-corrected chi connectivity index (χ4v) is 2.40. The largest absolute Gasteiger partial charge is 0.768 e. The zero-order valence-electron chi connectivity index (χ0n) is 13.3. The van der Waals surface area contributed by atoms with Crippen molar-refractivity contribution in [3.63, 3.8) is 0 Å². The number of halogens is 1. The van der Waals surface area contributed by atoms with Crippen molar-refractivity contribution >= 4 is 23.1 Å². The van der Waals surface area contributed by atoms with E-state index in [9.17, 15) is 17.9 Å². The molecule has 1 atom stereocenters. The average Bonchev–Trinajstić information content (AvgIpc) is 2.61. The lowest BCUT2D eigenvalue weighted by Gasteiger charge is -2.06. The monoisotopic (exact) mass is 362 g/mol. The van der Waals surface area contributed by atoms with Crippen molar-refractivity contribution in [2.24, 2.45) is 0 Å². The number of hydrogen-bond acceptors (Lipinski definition) is 4. The molecule has 0 aliphatic carbocycles. The van der Waals surface area contributed by atoms with Crippen LogP contribution in [0.25, 0.3) is 6.08 Å². The van der Waals surface area contributed by atoms with Gasteiger partial charge in [-0.25, -0.2) is 4.39 Å². The predicted molar refractivity (Wildman–Crippen MR) is 91.7 cm³/mol. The summed E-state index contributed by atoms with van der Waals surface area (Å²) in [6, 6.07) is 12.3. The summed E-state index contributed by atoms with van der Waals surface area (Å²) in [5, 5.41) is 2.65. The number of amides is 1. The molecule has 0 aliphatic rings. The molecule has 1 unspecified atom stereocenters. The van der Waals surface area contributed by atoms with Crippen LogP contribution in [0.15, 0.2) is 59.5 Å². The Kier molecular flexibility index (Phi) is 7.46. The Hall–Kier alpha value is -2.35. The van der Waals surface area contributed by atoms with Gasteiger partial charge in [-0.3, -0.25) is 9.00 Å². The van der Waals surface area contributed by atoms with Gasteiger partial charge in [-0.1, -0.05) is 36.4 Å². The van der Waals surface area contributed by atoms with Crippen molar-refractivity contribution in [1.29, 1.82) is 0 Å². The number of benzene rings is 2. The quantitative estimate of drug-likeness (QED) is 0.732. The second-order valence-corrected chi connectivity index (χ2v) is 6.07. The van der Waals surface area contributed by atoms with Crippen LogP contribution < -0.4 is 5.32 Å². The molecule has 0 spiro atoms. The summed E-state index contributed by atoms with van der Waals surface area (Å²) in [4.78, 5) is 11.8. The van der Waals surface area contributed by atoms with Gasteiger partial charge < -0.3 is 14.6 Å². The summed E-state index contributed by atoms with van der Waals surface area (Å²) < 4.78 is 39.8. The van der Waals surface area contributed by atoms with Crippen molar-refractivity contribution in [3.05, 3.63) is 71.6 Å². The van der Waals surface area contributed by atoms with Crippen LogP contribution in [0, 0.1) is 5.82 Å². The first-order chi connectivity index (χ1) is 12.0. The number of nitrogens with one attached hydrogen (secondary N) is 1. The smallest absolute Gasteiger partial charge is 0.246 e. The van der Waals surface area contributed by atoms with Crippen molar-refractivity contribution in [2.45, 2.75) is 11.5 Å². The van der Waals surface area contributed by atoms with Gasteiger partial charge in [-0.05, 0) is 46.5 Å². The van der Waals surface area contributed by atoms with Gasteiger partial charge in [0, 0.05) is 11.4 Å². The van der Waals surface area contributed by atoms with Crippen LogP contribution in [0.2, 0.25) is 0 Å². The third-order valence-corrected chi connectivity index (χ3v) is 3.83. The minimum Gasteiger partial charge on any atom is -0.768 e. The molecule has 0 saturated carbocycles. The van der Waals surface area contributed by atoms with E-state index in [4.69, 9.17) is 4.74 Å². The summed E-state index contributed by atoms with van der Waals surface area (Å²) in [7, 11) is 0. The third-order valence-electron chi connectivity index (χ3n) is 3.19. The molecule has 0 aromatic heterocycles. The molecule has 2 aromatic carbocycles. The SMILES string of the molecule is O=C(COCc1ccc(F)cc1)NC/C=C/c1cccc(S(=O)[O-])c1. The molecular formula is C18H17FNO4S-. The van der Waals surface area contributed by atoms with Crippen molar-refractivity contribution in [3.8, 4) is 0 Å². The highest BCUT2D eigenvalue weighted by Crippen LogP contribution is 2.09. The van der Waals surface area contributed by atoms with Crippen molar-refractivity contribution < 1.29 is 22.7 Å². The molecule has 0 bridgehead atoms. The zero-order valence-corrected chi connectivity index (χ0v) is 14.1. The first kappa shape index (κ1) is 19.0. The van der Waals surface area contributed by atoms with Gasteiger partial charge in [-0.15, -0.1) is 0 Å². The maximum Gasteiger partial charge on any atom is 0.246 e. The summed E-state index contributed by atoms with van der Waals surface area (Å²) >= 11 is -2.27. The summed E-state index contributed by atoms with van der Waals surface area (Å²) in [6.45, 7) is 0.419. The lowest BCUT2D eigenvalue weighted by atomic mass is 10.2.